The molecule has 0 spiro atoms. The van der Waals surface area contributed by atoms with Crippen LogP contribution in [-0.2, 0) is 4.79 Å². The molecule has 3 amide bonds. The summed E-state index contributed by atoms with van der Waals surface area (Å²) in [7, 11) is 0. The van der Waals surface area contributed by atoms with Gasteiger partial charge in [-0.25, -0.2) is 0 Å². The highest BCUT2D eigenvalue weighted by Gasteiger charge is 2.40. The van der Waals surface area contributed by atoms with E-state index in [1.54, 1.807) is 28.0 Å². The highest BCUT2D eigenvalue weighted by atomic mass is 32.1. The Morgan fingerprint density at radius 1 is 1.00 bits per heavy atom. The van der Waals surface area contributed by atoms with Crippen LogP contribution in [0.2, 0.25) is 0 Å². The lowest BCUT2D eigenvalue weighted by Crippen LogP contribution is -2.59. The SMILES string of the molecule is O=C1Nc2ccc(-c3ccc4c(c3)OCO4)cc2C(=O)N2CCN(C(=O)c3cccs3)C[C@@H]12. The van der Waals surface area contributed by atoms with Crippen molar-refractivity contribution in [2.24, 2.45) is 0 Å². The van der Waals surface area contributed by atoms with E-state index in [1.165, 1.54) is 11.3 Å². The fourth-order valence-electron chi connectivity index (χ4n) is 4.45. The van der Waals surface area contributed by atoms with Crippen molar-refractivity contribution in [3.63, 3.8) is 0 Å². The topological polar surface area (TPSA) is 88.2 Å². The maximum absolute atomic E-state index is 13.5. The van der Waals surface area contributed by atoms with Crippen LogP contribution in [0.25, 0.3) is 11.1 Å². The molecule has 1 N–H and O–H groups in total. The van der Waals surface area contributed by atoms with E-state index in [2.05, 4.69) is 5.32 Å². The number of carbonyl (C=O) groups is 3. The number of amides is 3. The number of ether oxygens (including phenoxy) is 2. The predicted octanol–water partition coefficient (Wildman–Crippen LogP) is 3.06. The first-order valence-corrected chi connectivity index (χ1v) is 11.4. The van der Waals surface area contributed by atoms with Gasteiger partial charge in [-0.3, -0.25) is 14.4 Å². The Kier molecular flexibility index (Phi) is 4.58. The van der Waals surface area contributed by atoms with Crippen LogP contribution >= 0.6 is 11.3 Å². The number of piperazine rings is 1. The van der Waals surface area contributed by atoms with Crippen LogP contribution in [0.1, 0.15) is 20.0 Å². The van der Waals surface area contributed by atoms with Crippen molar-refractivity contribution in [2.45, 2.75) is 6.04 Å². The molecule has 166 valence electrons. The summed E-state index contributed by atoms with van der Waals surface area (Å²) >= 11 is 1.37. The fourth-order valence-corrected chi connectivity index (χ4v) is 5.14. The lowest BCUT2D eigenvalue weighted by Gasteiger charge is -2.39. The average Bonchev–Trinajstić information content (AvgIpc) is 3.53. The van der Waals surface area contributed by atoms with Gasteiger partial charge in [0.25, 0.3) is 11.8 Å². The summed E-state index contributed by atoms with van der Waals surface area (Å²) in [6.45, 7) is 1.03. The largest absolute Gasteiger partial charge is 0.454 e. The van der Waals surface area contributed by atoms with Crippen molar-refractivity contribution in [3.05, 3.63) is 64.4 Å². The molecule has 6 rings (SSSR count). The highest BCUT2D eigenvalue weighted by molar-refractivity contribution is 7.12. The first-order valence-electron chi connectivity index (χ1n) is 10.6. The van der Waals surface area contributed by atoms with E-state index >= 15 is 0 Å². The van der Waals surface area contributed by atoms with Crippen LogP contribution in [-0.4, -0.2) is 60.0 Å². The molecule has 3 aliphatic rings. The van der Waals surface area contributed by atoms with Gasteiger partial charge in [0.05, 0.1) is 22.7 Å². The summed E-state index contributed by atoms with van der Waals surface area (Å²) < 4.78 is 10.8. The van der Waals surface area contributed by atoms with Gasteiger partial charge in [0.15, 0.2) is 11.5 Å². The van der Waals surface area contributed by atoms with Gasteiger partial charge in [0, 0.05) is 13.1 Å². The van der Waals surface area contributed by atoms with Crippen LogP contribution in [0, 0.1) is 0 Å². The second kappa shape index (κ2) is 7.63. The molecule has 1 aromatic heterocycles. The van der Waals surface area contributed by atoms with Crippen molar-refractivity contribution in [3.8, 4) is 22.6 Å². The van der Waals surface area contributed by atoms with Crippen LogP contribution < -0.4 is 14.8 Å². The van der Waals surface area contributed by atoms with Gasteiger partial charge < -0.3 is 24.6 Å². The highest BCUT2D eigenvalue weighted by Crippen LogP contribution is 2.37. The minimum Gasteiger partial charge on any atom is -0.454 e. The first-order chi connectivity index (χ1) is 16.1. The van der Waals surface area contributed by atoms with Crippen molar-refractivity contribution in [1.29, 1.82) is 0 Å². The third-order valence-electron chi connectivity index (χ3n) is 6.18. The summed E-state index contributed by atoms with van der Waals surface area (Å²) in [5.41, 5.74) is 2.62. The summed E-state index contributed by atoms with van der Waals surface area (Å²) in [4.78, 5) is 43.1. The summed E-state index contributed by atoms with van der Waals surface area (Å²) in [6.07, 6.45) is 0. The lowest BCUT2D eigenvalue weighted by atomic mass is 10.0. The van der Waals surface area contributed by atoms with E-state index in [0.29, 0.717) is 40.7 Å². The number of benzene rings is 2. The predicted molar refractivity (Wildman–Crippen MR) is 122 cm³/mol. The Hall–Kier alpha value is -3.85. The van der Waals surface area contributed by atoms with E-state index in [0.717, 1.165) is 11.1 Å². The first kappa shape index (κ1) is 19.8. The average molecular weight is 461 g/mol. The number of rotatable bonds is 2. The molecule has 0 saturated carbocycles. The number of fused-ring (bicyclic) bond motifs is 3. The van der Waals surface area contributed by atoms with Gasteiger partial charge in [-0.15, -0.1) is 11.3 Å². The molecule has 0 aliphatic carbocycles. The van der Waals surface area contributed by atoms with Crippen molar-refractivity contribution in [1.82, 2.24) is 9.80 Å². The Labute approximate surface area is 193 Å². The smallest absolute Gasteiger partial charge is 0.264 e. The zero-order chi connectivity index (χ0) is 22.5. The number of anilines is 1. The standard InChI is InChI=1S/C24H19N3O5S/c28-22-18-12-26(24(30)21-2-1-9-33-21)7-8-27(18)23(29)16-10-14(3-5-17(16)25-22)15-4-6-19-20(11-15)32-13-31-19/h1-6,9-11,18H,7-8,12-13H2,(H,25,28)/t18-/m0/s1. The number of thiophene rings is 1. The number of nitrogens with one attached hydrogen (secondary N) is 1. The molecule has 8 nitrogen and oxygen atoms in total. The van der Waals surface area contributed by atoms with Crippen LogP contribution in [0.5, 0.6) is 11.5 Å². The molecule has 2 aromatic carbocycles. The molecule has 3 aromatic rings. The van der Waals surface area contributed by atoms with Crippen LogP contribution in [0.3, 0.4) is 0 Å². The van der Waals surface area contributed by atoms with Crippen molar-refractivity contribution < 1.29 is 23.9 Å². The molecule has 9 heteroatoms. The Morgan fingerprint density at radius 2 is 1.82 bits per heavy atom. The van der Waals surface area contributed by atoms with Gasteiger partial charge in [0.1, 0.15) is 6.04 Å². The summed E-state index contributed by atoms with van der Waals surface area (Å²) in [6, 6.07) is 13.9. The van der Waals surface area contributed by atoms with E-state index < -0.39 is 6.04 Å². The van der Waals surface area contributed by atoms with Gasteiger partial charge >= 0.3 is 0 Å². The molecule has 1 atom stereocenters. The zero-order valence-corrected chi connectivity index (χ0v) is 18.3. The molecule has 0 radical (unpaired) electrons. The van der Waals surface area contributed by atoms with Gasteiger partial charge in [0.2, 0.25) is 12.7 Å². The van der Waals surface area contributed by atoms with Gasteiger partial charge in [-0.2, -0.15) is 0 Å². The number of nitrogens with zero attached hydrogens (tertiary/aromatic N) is 2. The molecular weight excluding hydrogens is 442 g/mol. The quantitative estimate of drug-likeness (QED) is 0.634. The van der Waals surface area contributed by atoms with Gasteiger partial charge in [-0.05, 0) is 46.8 Å². The second-order valence-electron chi connectivity index (χ2n) is 8.06. The molecular formula is C24H19N3O5S. The molecule has 0 unspecified atom stereocenters. The maximum atomic E-state index is 13.5. The van der Waals surface area contributed by atoms with Crippen LogP contribution in [0.4, 0.5) is 5.69 Å². The third-order valence-corrected chi connectivity index (χ3v) is 7.03. The number of hydrogen-bond donors (Lipinski definition) is 1. The van der Waals surface area contributed by atoms with E-state index in [9.17, 15) is 14.4 Å². The minimum atomic E-state index is -0.739. The molecule has 1 fully saturated rings. The van der Waals surface area contributed by atoms with E-state index in [-0.39, 0.29) is 31.1 Å². The van der Waals surface area contributed by atoms with Gasteiger partial charge in [-0.1, -0.05) is 18.2 Å². The Morgan fingerprint density at radius 3 is 2.67 bits per heavy atom. The molecule has 33 heavy (non-hydrogen) atoms. The fraction of sp³-hybridized carbons (Fsp3) is 0.208. The number of carbonyl (C=O) groups excluding carboxylic acids is 3. The Balaban J connectivity index is 1.30. The van der Waals surface area contributed by atoms with E-state index in [4.69, 9.17) is 9.47 Å². The normalized spacial score (nSPS) is 19.0. The molecule has 1 saturated heterocycles. The molecule has 4 heterocycles. The lowest BCUT2D eigenvalue weighted by molar-refractivity contribution is -0.121. The van der Waals surface area contributed by atoms with E-state index in [1.807, 2.05) is 35.7 Å². The molecule has 0 bridgehead atoms. The van der Waals surface area contributed by atoms with Crippen molar-refractivity contribution >= 4 is 34.7 Å². The molecule has 3 aliphatic heterocycles. The minimum absolute atomic E-state index is 0.114. The van der Waals surface area contributed by atoms with Crippen LogP contribution in [0.15, 0.2) is 53.9 Å². The third kappa shape index (κ3) is 3.32. The van der Waals surface area contributed by atoms with Crippen molar-refractivity contribution in [2.75, 3.05) is 31.7 Å². The maximum Gasteiger partial charge on any atom is 0.264 e. The summed E-state index contributed by atoms with van der Waals surface area (Å²) in [5, 5.41) is 4.73. The second-order valence-corrected chi connectivity index (χ2v) is 9.01. The monoisotopic (exact) mass is 461 g/mol. The summed E-state index contributed by atoms with van der Waals surface area (Å²) in [5.74, 6) is 0.723. The Bertz CT molecular complexity index is 1290. The zero-order valence-electron chi connectivity index (χ0n) is 17.4. The number of hydrogen-bond acceptors (Lipinski definition) is 6.